The molecule has 1 N–H and O–H groups in total. The first kappa shape index (κ1) is 15.3. The van der Waals surface area contributed by atoms with Crippen LogP contribution >= 0.6 is 11.3 Å². The van der Waals surface area contributed by atoms with Gasteiger partial charge in [-0.2, -0.15) is 0 Å². The molecule has 0 unspecified atom stereocenters. The lowest BCUT2D eigenvalue weighted by Gasteiger charge is -2.20. The Hall–Kier alpha value is -2.12. The second-order valence-electron chi connectivity index (χ2n) is 4.34. The molecule has 0 saturated carbocycles. The average Bonchev–Trinajstić information content (AvgIpc) is 3.11. The maximum absolute atomic E-state index is 12.6. The first-order valence-electron chi connectivity index (χ1n) is 6.34. The lowest BCUT2D eigenvalue weighted by atomic mass is 10.3. The Morgan fingerprint density at radius 1 is 1.38 bits per heavy atom. The van der Waals surface area contributed by atoms with Gasteiger partial charge in [-0.3, -0.25) is 9.59 Å². The lowest BCUT2D eigenvalue weighted by molar-refractivity contribution is -0.137. The summed E-state index contributed by atoms with van der Waals surface area (Å²) in [4.78, 5) is 25.3. The van der Waals surface area contributed by atoms with Gasteiger partial charge < -0.3 is 19.3 Å². The molecule has 0 bridgehead atoms. The standard InChI is InChI=1S/C14H16N2O4S/c1-20-8-7-16(10-12(17)18)14(19)13-11(4-9-21-13)15-5-2-3-6-15/h2-6,9H,7-8,10H2,1H3,(H,17,18). The van der Waals surface area contributed by atoms with Crippen LogP contribution in [0, 0.1) is 0 Å². The highest BCUT2D eigenvalue weighted by molar-refractivity contribution is 7.12. The monoisotopic (exact) mass is 308 g/mol. The van der Waals surface area contributed by atoms with Crippen LogP contribution in [-0.2, 0) is 9.53 Å². The van der Waals surface area contributed by atoms with Crippen LogP contribution in [0.15, 0.2) is 36.0 Å². The summed E-state index contributed by atoms with van der Waals surface area (Å²) < 4.78 is 6.77. The van der Waals surface area contributed by atoms with Gasteiger partial charge in [0.1, 0.15) is 11.4 Å². The number of hydrogen-bond acceptors (Lipinski definition) is 4. The highest BCUT2D eigenvalue weighted by Crippen LogP contribution is 2.23. The molecule has 2 heterocycles. The fourth-order valence-corrected chi connectivity index (χ4v) is 2.78. The van der Waals surface area contributed by atoms with E-state index < -0.39 is 5.97 Å². The van der Waals surface area contributed by atoms with Crippen LogP contribution in [0.2, 0.25) is 0 Å². The molecule has 0 aliphatic heterocycles. The third-order valence-electron chi connectivity index (χ3n) is 2.90. The summed E-state index contributed by atoms with van der Waals surface area (Å²) in [5.74, 6) is -1.34. The number of thiophene rings is 1. The normalized spacial score (nSPS) is 10.5. The molecule has 0 aromatic carbocycles. The molecule has 0 fully saturated rings. The van der Waals surface area contributed by atoms with E-state index in [0.717, 1.165) is 5.69 Å². The van der Waals surface area contributed by atoms with Crippen LogP contribution in [0.1, 0.15) is 9.67 Å². The van der Waals surface area contributed by atoms with Gasteiger partial charge in [-0.15, -0.1) is 11.3 Å². The summed E-state index contributed by atoms with van der Waals surface area (Å²) in [6.45, 7) is 0.194. The Balaban J connectivity index is 2.24. The second kappa shape index (κ2) is 7.05. The minimum atomic E-state index is -1.04. The van der Waals surface area contributed by atoms with E-state index in [2.05, 4.69) is 0 Å². The molecule has 7 heteroatoms. The number of carbonyl (C=O) groups excluding carboxylic acids is 1. The van der Waals surface area contributed by atoms with Crippen molar-refractivity contribution in [1.82, 2.24) is 9.47 Å². The van der Waals surface area contributed by atoms with Crippen molar-refractivity contribution in [3.8, 4) is 5.69 Å². The van der Waals surface area contributed by atoms with E-state index in [9.17, 15) is 9.59 Å². The third kappa shape index (κ3) is 3.71. The van der Waals surface area contributed by atoms with Crippen molar-refractivity contribution in [3.63, 3.8) is 0 Å². The number of methoxy groups -OCH3 is 1. The van der Waals surface area contributed by atoms with Crippen molar-refractivity contribution in [2.75, 3.05) is 26.8 Å². The fourth-order valence-electron chi connectivity index (χ4n) is 1.92. The molecule has 0 atom stereocenters. The molecule has 0 spiro atoms. The summed E-state index contributed by atoms with van der Waals surface area (Å²) >= 11 is 1.30. The maximum atomic E-state index is 12.6. The molecular formula is C14H16N2O4S. The first-order chi connectivity index (χ1) is 10.1. The van der Waals surface area contributed by atoms with Crippen molar-refractivity contribution in [3.05, 3.63) is 40.8 Å². The zero-order chi connectivity index (χ0) is 15.2. The highest BCUT2D eigenvalue weighted by Gasteiger charge is 2.22. The third-order valence-corrected chi connectivity index (χ3v) is 3.79. The van der Waals surface area contributed by atoms with Gasteiger partial charge >= 0.3 is 5.97 Å². The van der Waals surface area contributed by atoms with Gasteiger partial charge in [-0.25, -0.2) is 0 Å². The van der Waals surface area contributed by atoms with Crippen LogP contribution < -0.4 is 0 Å². The van der Waals surface area contributed by atoms with Gasteiger partial charge in [-0.1, -0.05) is 0 Å². The van der Waals surface area contributed by atoms with Crippen LogP contribution in [0.5, 0.6) is 0 Å². The smallest absolute Gasteiger partial charge is 0.323 e. The molecule has 0 aliphatic rings. The van der Waals surface area contributed by atoms with Crippen molar-refractivity contribution in [1.29, 1.82) is 0 Å². The van der Waals surface area contributed by atoms with E-state index in [1.165, 1.54) is 23.3 Å². The number of carboxylic acid groups (broad SMARTS) is 1. The van der Waals surface area contributed by atoms with E-state index in [-0.39, 0.29) is 19.0 Å². The van der Waals surface area contributed by atoms with E-state index in [1.54, 1.807) is 0 Å². The van der Waals surface area contributed by atoms with E-state index >= 15 is 0 Å². The van der Waals surface area contributed by atoms with Gasteiger partial charge in [0.2, 0.25) is 0 Å². The van der Waals surface area contributed by atoms with Gasteiger partial charge in [0.25, 0.3) is 5.91 Å². The van der Waals surface area contributed by atoms with Crippen LogP contribution in [0.3, 0.4) is 0 Å². The number of aromatic nitrogens is 1. The van der Waals surface area contributed by atoms with Gasteiger partial charge in [0.15, 0.2) is 0 Å². The van der Waals surface area contributed by atoms with Crippen molar-refractivity contribution < 1.29 is 19.4 Å². The summed E-state index contributed by atoms with van der Waals surface area (Å²) in [6.07, 6.45) is 3.69. The maximum Gasteiger partial charge on any atom is 0.323 e. The molecule has 21 heavy (non-hydrogen) atoms. The Morgan fingerprint density at radius 3 is 2.71 bits per heavy atom. The number of aliphatic carboxylic acids is 1. The Labute approximate surface area is 126 Å². The minimum Gasteiger partial charge on any atom is -0.480 e. The summed E-state index contributed by atoms with van der Waals surface area (Å²) in [6, 6.07) is 5.57. The number of nitrogens with zero attached hydrogens (tertiary/aromatic N) is 2. The molecule has 2 aromatic heterocycles. The van der Waals surface area contributed by atoms with Crippen LogP contribution in [0.25, 0.3) is 5.69 Å². The molecule has 1 amide bonds. The van der Waals surface area contributed by atoms with E-state index in [0.29, 0.717) is 11.5 Å². The summed E-state index contributed by atoms with van der Waals surface area (Å²) in [5, 5.41) is 10.8. The predicted octanol–water partition coefficient (Wildman–Crippen LogP) is 1.71. The molecule has 6 nitrogen and oxygen atoms in total. The van der Waals surface area contributed by atoms with Gasteiger partial charge in [-0.05, 0) is 23.6 Å². The molecule has 112 valence electrons. The second-order valence-corrected chi connectivity index (χ2v) is 5.25. The largest absolute Gasteiger partial charge is 0.480 e. The fraction of sp³-hybridized carbons (Fsp3) is 0.286. The number of rotatable bonds is 7. The van der Waals surface area contributed by atoms with Crippen molar-refractivity contribution in [2.45, 2.75) is 0 Å². The summed E-state index contributed by atoms with van der Waals surface area (Å²) in [5.41, 5.74) is 0.753. The number of ether oxygens (including phenoxy) is 1. The molecule has 2 aromatic rings. The van der Waals surface area contributed by atoms with E-state index in [4.69, 9.17) is 9.84 Å². The van der Waals surface area contributed by atoms with Gasteiger partial charge in [0.05, 0.1) is 12.3 Å². The number of carbonyl (C=O) groups is 2. The Morgan fingerprint density at radius 2 is 2.10 bits per heavy atom. The molecule has 0 aliphatic carbocycles. The highest BCUT2D eigenvalue weighted by atomic mass is 32.1. The Kier molecular flexibility index (Phi) is 5.13. The van der Waals surface area contributed by atoms with E-state index in [1.807, 2.05) is 40.5 Å². The number of amides is 1. The quantitative estimate of drug-likeness (QED) is 0.845. The molecule has 0 saturated heterocycles. The number of carboxylic acids is 1. The Bertz CT molecular complexity index is 606. The van der Waals surface area contributed by atoms with Crippen LogP contribution in [-0.4, -0.2) is 53.3 Å². The van der Waals surface area contributed by atoms with Gasteiger partial charge in [0, 0.05) is 26.0 Å². The van der Waals surface area contributed by atoms with Crippen molar-refractivity contribution >= 4 is 23.2 Å². The zero-order valence-electron chi connectivity index (χ0n) is 11.6. The lowest BCUT2D eigenvalue weighted by Crippen LogP contribution is -2.38. The summed E-state index contributed by atoms with van der Waals surface area (Å²) in [7, 11) is 1.51. The first-order valence-corrected chi connectivity index (χ1v) is 7.22. The molecule has 2 rings (SSSR count). The average molecular weight is 308 g/mol. The topological polar surface area (TPSA) is 71.8 Å². The zero-order valence-corrected chi connectivity index (χ0v) is 12.4. The molecule has 0 radical (unpaired) electrons. The minimum absolute atomic E-state index is 0.241. The molecular weight excluding hydrogens is 292 g/mol. The SMILES string of the molecule is COCCN(CC(=O)O)C(=O)c1sccc1-n1cccc1. The van der Waals surface area contributed by atoms with Crippen molar-refractivity contribution in [2.24, 2.45) is 0 Å². The predicted molar refractivity (Wildman–Crippen MR) is 79.1 cm³/mol. The van der Waals surface area contributed by atoms with Crippen LogP contribution in [0.4, 0.5) is 0 Å². The number of hydrogen-bond donors (Lipinski definition) is 1.